The van der Waals surface area contributed by atoms with Gasteiger partial charge in [0.1, 0.15) is 4.88 Å². The Morgan fingerprint density at radius 2 is 2.29 bits per heavy atom. The maximum Gasteiger partial charge on any atom is 0.262 e. The number of nitrogens with one attached hydrogen (secondary N) is 1. The molecule has 94 valence electrons. The molecule has 0 saturated carbocycles. The Kier molecular flexibility index (Phi) is 4.19. The summed E-state index contributed by atoms with van der Waals surface area (Å²) in [6.07, 6.45) is 1.14. The molecular weight excluding hydrogens is 306 g/mol. The number of amides is 1. The highest BCUT2D eigenvalue weighted by molar-refractivity contribution is 9.10. The van der Waals surface area contributed by atoms with Gasteiger partial charge in [-0.2, -0.15) is 0 Å². The molecule has 1 amide bonds. The first-order chi connectivity index (χ1) is 8.11. The Morgan fingerprint density at radius 3 is 2.88 bits per heavy atom. The summed E-state index contributed by atoms with van der Waals surface area (Å²) in [7, 11) is 0. The number of carbonyl (C=O) groups is 1. The van der Waals surface area contributed by atoms with E-state index in [-0.39, 0.29) is 12.5 Å². The molecule has 0 aromatic carbocycles. The van der Waals surface area contributed by atoms with Crippen LogP contribution in [0.2, 0.25) is 0 Å². The molecule has 0 bridgehead atoms. The Hall–Kier alpha value is -0.430. The lowest BCUT2D eigenvalue weighted by molar-refractivity contribution is -0.0605. The van der Waals surface area contributed by atoms with Crippen molar-refractivity contribution in [2.24, 2.45) is 0 Å². The second-order valence-electron chi connectivity index (χ2n) is 4.12. The average molecular weight is 320 g/mol. The number of hydrogen-bond donors (Lipinski definition) is 2. The fourth-order valence-electron chi connectivity index (χ4n) is 1.71. The monoisotopic (exact) mass is 319 g/mol. The topological polar surface area (TPSA) is 58.6 Å². The first-order valence-corrected chi connectivity index (χ1v) is 7.09. The molecule has 0 atom stereocenters. The average Bonchev–Trinajstić information content (AvgIpc) is 2.74. The zero-order valence-corrected chi connectivity index (χ0v) is 11.6. The lowest BCUT2D eigenvalue weighted by atomic mass is 9.94. The van der Waals surface area contributed by atoms with E-state index >= 15 is 0 Å². The van der Waals surface area contributed by atoms with Crippen LogP contribution in [0.1, 0.15) is 22.5 Å². The standard InChI is InChI=1S/C11H14BrNO3S/c12-8-1-6-17-9(8)10(14)13-7-11(15)2-4-16-5-3-11/h1,6,15H,2-5,7H2,(H,13,14). The summed E-state index contributed by atoms with van der Waals surface area (Å²) < 4.78 is 5.98. The van der Waals surface area contributed by atoms with Gasteiger partial charge in [0.25, 0.3) is 5.91 Å². The second-order valence-corrected chi connectivity index (χ2v) is 5.89. The molecule has 2 rings (SSSR count). The van der Waals surface area contributed by atoms with Crippen molar-refractivity contribution in [2.45, 2.75) is 18.4 Å². The van der Waals surface area contributed by atoms with Crippen molar-refractivity contribution in [3.05, 3.63) is 20.8 Å². The normalized spacial score (nSPS) is 18.9. The molecule has 1 aromatic heterocycles. The fraction of sp³-hybridized carbons (Fsp3) is 0.545. The van der Waals surface area contributed by atoms with Crippen LogP contribution < -0.4 is 5.32 Å². The molecule has 1 aromatic rings. The third-order valence-electron chi connectivity index (χ3n) is 2.82. The molecule has 1 aliphatic heterocycles. The lowest BCUT2D eigenvalue weighted by Gasteiger charge is -2.31. The van der Waals surface area contributed by atoms with E-state index in [0.717, 1.165) is 4.47 Å². The predicted molar refractivity (Wildman–Crippen MR) is 69.4 cm³/mol. The lowest BCUT2D eigenvalue weighted by Crippen LogP contribution is -2.46. The summed E-state index contributed by atoms with van der Waals surface area (Å²) in [6, 6.07) is 1.84. The van der Waals surface area contributed by atoms with Crippen LogP contribution in [0.25, 0.3) is 0 Å². The van der Waals surface area contributed by atoms with E-state index in [1.807, 2.05) is 11.4 Å². The Bertz CT molecular complexity index is 401. The summed E-state index contributed by atoms with van der Waals surface area (Å²) in [5, 5.41) is 14.8. The van der Waals surface area contributed by atoms with E-state index < -0.39 is 5.60 Å². The van der Waals surface area contributed by atoms with Gasteiger partial charge >= 0.3 is 0 Å². The van der Waals surface area contributed by atoms with Crippen molar-refractivity contribution in [1.29, 1.82) is 0 Å². The molecule has 1 fully saturated rings. The SMILES string of the molecule is O=C(NCC1(O)CCOCC1)c1sccc1Br. The minimum absolute atomic E-state index is 0.146. The van der Waals surface area contributed by atoms with E-state index in [0.29, 0.717) is 30.9 Å². The van der Waals surface area contributed by atoms with E-state index in [4.69, 9.17) is 4.74 Å². The van der Waals surface area contributed by atoms with E-state index in [9.17, 15) is 9.90 Å². The molecule has 0 aliphatic carbocycles. The van der Waals surface area contributed by atoms with Crippen molar-refractivity contribution >= 4 is 33.2 Å². The smallest absolute Gasteiger partial charge is 0.262 e. The molecule has 2 N–H and O–H groups in total. The molecule has 1 aliphatic rings. The van der Waals surface area contributed by atoms with Gasteiger partial charge in [-0.3, -0.25) is 4.79 Å². The van der Waals surface area contributed by atoms with Crippen LogP contribution in [0, 0.1) is 0 Å². The van der Waals surface area contributed by atoms with Crippen molar-refractivity contribution in [1.82, 2.24) is 5.32 Å². The summed E-state index contributed by atoms with van der Waals surface area (Å²) >= 11 is 4.69. The highest BCUT2D eigenvalue weighted by atomic mass is 79.9. The van der Waals surface area contributed by atoms with Crippen LogP contribution in [-0.2, 0) is 4.74 Å². The summed E-state index contributed by atoms with van der Waals surface area (Å²) in [6.45, 7) is 1.38. The van der Waals surface area contributed by atoms with Crippen molar-refractivity contribution in [3.8, 4) is 0 Å². The van der Waals surface area contributed by atoms with Crippen molar-refractivity contribution in [3.63, 3.8) is 0 Å². The van der Waals surface area contributed by atoms with Crippen LogP contribution in [0.15, 0.2) is 15.9 Å². The fourth-order valence-corrected chi connectivity index (χ4v) is 3.18. The van der Waals surface area contributed by atoms with E-state index in [1.165, 1.54) is 11.3 Å². The first kappa shape index (κ1) is 13.0. The minimum atomic E-state index is -0.822. The zero-order chi connectivity index (χ0) is 12.3. The number of thiophene rings is 1. The Balaban J connectivity index is 1.90. The number of ether oxygens (including phenoxy) is 1. The zero-order valence-electron chi connectivity index (χ0n) is 9.24. The third kappa shape index (κ3) is 3.28. The van der Waals surface area contributed by atoms with Gasteiger partial charge in [-0.25, -0.2) is 0 Å². The Morgan fingerprint density at radius 1 is 1.59 bits per heavy atom. The molecular formula is C11H14BrNO3S. The van der Waals surface area contributed by atoms with Gasteiger partial charge in [-0.1, -0.05) is 0 Å². The first-order valence-electron chi connectivity index (χ1n) is 5.42. The van der Waals surface area contributed by atoms with Gasteiger partial charge in [0.05, 0.1) is 5.60 Å². The number of hydrogen-bond acceptors (Lipinski definition) is 4. The van der Waals surface area contributed by atoms with Crippen LogP contribution >= 0.6 is 27.3 Å². The molecule has 2 heterocycles. The second kappa shape index (κ2) is 5.48. The summed E-state index contributed by atoms with van der Waals surface area (Å²) in [5.41, 5.74) is -0.822. The van der Waals surface area contributed by atoms with Crippen molar-refractivity contribution in [2.75, 3.05) is 19.8 Å². The number of rotatable bonds is 3. The molecule has 1 saturated heterocycles. The van der Waals surface area contributed by atoms with Crippen LogP contribution in [0.5, 0.6) is 0 Å². The number of carbonyl (C=O) groups excluding carboxylic acids is 1. The van der Waals surface area contributed by atoms with Gasteiger partial charge in [0.2, 0.25) is 0 Å². The largest absolute Gasteiger partial charge is 0.388 e. The van der Waals surface area contributed by atoms with Gasteiger partial charge in [-0.05, 0) is 27.4 Å². The van der Waals surface area contributed by atoms with Crippen LogP contribution in [0.4, 0.5) is 0 Å². The van der Waals surface area contributed by atoms with Gasteiger partial charge < -0.3 is 15.2 Å². The van der Waals surface area contributed by atoms with Gasteiger partial charge in [0.15, 0.2) is 0 Å². The van der Waals surface area contributed by atoms with Crippen LogP contribution in [0.3, 0.4) is 0 Å². The van der Waals surface area contributed by atoms with Crippen LogP contribution in [-0.4, -0.2) is 36.4 Å². The summed E-state index contributed by atoms with van der Waals surface area (Å²) in [4.78, 5) is 12.5. The minimum Gasteiger partial charge on any atom is -0.388 e. The molecule has 17 heavy (non-hydrogen) atoms. The Labute approximate surface area is 112 Å². The number of halogens is 1. The predicted octanol–water partition coefficient (Wildman–Crippen LogP) is 1.78. The van der Waals surface area contributed by atoms with Gasteiger partial charge in [-0.15, -0.1) is 11.3 Å². The molecule has 0 spiro atoms. The molecule has 6 heteroatoms. The maximum absolute atomic E-state index is 11.8. The maximum atomic E-state index is 11.8. The van der Waals surface area contributed by atoms with Gasteiger partial charge in [0, 0.05) is 37.1 Å². The quantitative estimate of drug-likeness (QED) is 0.893. The molecule has 0 unspecified atom stereocenters. The molecule has 4 nitrogen and oxygen atoms in total. The molecule has 0 radical (unpaired) electrons. The summed E-state index contributed by atoms with van der Waals surface area (Å²) in [5.74, 6) is -0.146. The van der Waals surface area contributed by atoms with E-state index in [1.54, 1.807) is 0 Å². The van der Waals surface area contributed by atoms with Crippen molar-refractivity contribution < 1.29 is 14.6 Å². The number of aliphatic hydroxyl groups is 1. The highest BCUT2D eigenvalue weighted by Crippen LogP contribution is 2.23. The van der Waals surface area contributed by atoms with E-state index in [2.05, 4.69) is 21.2 Å². The highest BCUT2D eigenvalue weighted by Gasteiger charge is 2.30. The third-order valence-corrected chi connectivity index (χ3v) is 4.66.